The second-order valence-electron chi connectivity index (χ2n) is 4.65. The Morgan fingerprint density at radius 1 is 1.10 bits per heavy atom. The van der Waals surface area contributed by atoms with Gasteiger partial charge in [-0.1, -0.05) is 6.07 Å². The summed E-state index contributed by atoms with van der Waals surface area (Å²) in [5.41, 5.74) is 7.37. The Labute approximate surface area is 117 Å². The summed E-state index contributed by atoms with van der Waals surface area (Å²) in [6.45, 7) is 3.36. The Balaban J connectivity index is 2.37. The first-order chi connectivity index (χ1) is 9.28. The highest BCUT2D eigenvalue weighted by atomic mass is 32.2. The van der Waals surface area contributed by atoms with Gasteiger partial charge < -0.3 is 5.73 Å². The van der Waals surface area contributed by atoms with Crippen molar-refractivity contribution in [3.8, 4) is 0 Å². The number of aryl methyl sites for hydroxylation is 2. The number of sulfonamides is 1. The Morgan fingerprint density at radius 3 is 2.40 bits per heavy atom. The van der Waals surface area contributed by atoms with E-state index in [9.17, 15) is 12.8 Å². The van der Waals surface area contributed by atoms with Crippen LogP contribution in [0, 0.1) is 19.7 Å². The highest BCUT2D eigenvalue weighted by Crippen LogP contribution is 2.21. The van der Waals surface area contributed by atoms with E-state index in [0.717, 1.165) is 11.6 Å². The second kappa shape index (κ2) is 5.13. The lowest BCUT2D eigenvalue weighted by molar-refractivity contribution is 0.601. The van der Waals surface area contributed by atoms with Crippen molar-refractivity contribution in [3.05, 3.63) is 53.3 Å². The molecule has 0 saturated carbocycles. The van der Waals surface area contributed by atoms with Crippen LogP contribution >= 0.6 is 0 Å². The zero-order valence-corrected chi connectivity index (χ0v) is 12.0. The first-order valence-electron chi connectivity index (χ1n) is 5.94. The van der Waals surface area contributed by atoms with Crippen LogP contribution in [0.3, 0.4) is 0 Å². The molecule has 0 fully saturated rings. The molecule has 0 aliphatic carbocycles. The second-order valence-corrected chi connectivity index (χ2v) is 6.33. The van der Waals surface area contributed by atoms with E-state index in [1.165, 1.54) is 24.3 Å². The summed E-state index contributed by atoms with van der Waals surface area (Å²) >= 11 is 0. The summed E-state index contributed by atoms with van der Waals surface area (Å²) < 4.78 is 40.2. The molecule has 0 radical (unpaired) electrons. The lowest BCUT2D eigenvalue weighted by Crippen LogP contribution is -2.13. The van der Waals surface area contributed by atoms with Gasteiger partial charge in [-0.25, -0.2) is 12.8 Å². The van der Waals surface area contributed by atoms with Crippen LogP contribution < -0.4 is 10.5 Å². The first kappa shape index (κ1) is 14.3. The van der Waals surface area contributed by atoms with Crippen molar-refractivity contribution in [2.24, 2.45) is 0 Å². The molecular weight excluding hydrogens is 279 g/mol. The SMILES string of the molecule is Cc1cc(N)cc(S(=O)(=O)Nc2ccc(C)c(F)c2)c1. The van der Waals surface area contributed by atoms with Crippen LogP contribution in [0.4, 0.5) is 15.8 Å². The highest BCUT2D eigenvalue weighted by Gasteiger charge is 2.15. The number of halogens is 1. The lowest BCUT2D eigenvalue weighted by atomic mass is 10.2. The van der Waals surface area contributed by atoms with Crippen LogP contribution in [0.5, 0.6) is 0 Å². The van der Waals surface area contributed by atoms with Gasteiger partial charge in [0.05, 0.1) is 10.6 Å². The van der Waals surface area contributed by atoms with E-state index < -0.39 is 15.8 Å². The van der Waals surface area contributed by atoms with Gasteiger partial charge in [-0.3, -0.25) is 4.72 Å². The highest BCUT2D eigenvalue weighted by molar-refractivity contribution is 7.92. The number of benzene rings is 2. The molecule has 0 amide bonds. The molecule has 0 aromatic heterocycles. The van der Waals surface area contributed by atoms with E-state index in [0.29, 0.717) is 11.3 Å². The molecule has 4 nitrogen and oxygen atoms in total. The molecule has 2 aromatic rings. The molecular formula is C14H15FN2O2S. The predicted octanol–water partition coefficient (Wildman–Crippen LogP) is 2.83. The molecule has 106 valence electrons. The minimum Gasteiger partial charge on any atom is -0.399 e. The summed E-state index contributed by atoms with van der Waals surface area (Å²) in [5, 5.41) is 0. The molecule has 0 heterocycles. The van der Waals surface area contributed by atoms with Crippen molar-refractivity contribution in [2.45, 2.75) is 18.7 Å². The molecule has 2 rings (SSSR count). The lowest BCUT2D eigenvalue weighted by Gasteiger charge is -2.10. The van der Waals surface area contributed by atoms with Crippen molar-refractivity contribution in [3.63, 3.8) is 0 Å². The Hall–Kier alpha value is -2.08. The average molecular weight is 294 g/mol. The Bertz CT molecular complexity index is 738. The summed E-state index contributed by atoms with van der Waals surface area (Å²) in [4.78, 5) is 0.0518. The van der Waals surface area contributed by atoms with E-state index in [-0.39, 0.29) is 10.6 Å². The van der Waals surface area contributed by atoms with Crippen molar-refractivity contribution < 1.29 is 12.8 Å². The Kier molecular flexibility index (Phi) is 3.67. The van der Waals surface area contributed by atoms with E-state index in [1.807, 2.05) is 0 Å². The van der Waals surface area contributed by atoms with Crippen LogP contribution in [0.1, 0.15) is 11.1 Å². The van der Waals surface area contributed by atoms with Gasteiger partial charge in [-0.15, -0.1) is 0 Å². The van der Waals surface area contributed by atoms with Gasteiger partial charge in [0.25, 0.3) is 10.0 Å². The number of hydrogen-bond acceptors (Lipinski definition) is 3. The molecule has 20 heavy (non-hydrogen) atoms. The number of anilines is 2. The summed E-state index contributed by atoms with van der Waals surface area (Å²) in [6.07, 6.45) is 0. The van der Waals surface area contributed by atoms with Gasteiger partial charge >= 0.3 is 0 Å². The van der Waals surface area contributed by atoms with Gasteiger partial charge in [0.2, 0.25) is 0 Å². The van der Waals surface area contributed by atoms with Crippen molar-refractivity contribution in [1.82, 2.24) is 0 Å². The minimum absolute atomic E-state index is 0.0518. The number of nitrogen functional groups attached to an aromatic ring is 1. The topological polar surface area (TPSA) is 72.2 Å². The molecule has 2 aromatic carbocycles. The van der Waals surface area contributed by atoms with E-state index in [2.05, 4.69) is 4.72 Å². The van der Waals surface area contributed by atoms with Crippen molar-refractivity contribution >= 4 is 21.4 Å². The normalized spacial score (nSPS) is 11.3. The first-order valence-corrected chi connectivity index (χ1v) is 7.42. The zero-order valence-electron chi connectivity index (χ0n) is 11.1. The monoisotopic (exact) mass is 294 g/mol. The fourth-order valence-electron chi connectivity index (χ4n) is 1.80. The summed E-state index contributed by atoms with van der Waals surface area (Å²) in [5.74, 6) is -0.464. The van der Waals surface area contributed by atoms with Crippen LogP contribution in [-0.4, -0.2) is 8.42 Å². The van der Waals surface area contributed by atoms with Gasteiger partial charge in [-0.2, -0.15) is 0 Å². The summed E-state index contributed by atoms with van der Waals surface area (Å²) in [7, 11) is -3.78. The number of nitrogens with two attached hydrogens (primary N) is 1. The number of rotatable bonds is 3. The molecule has 0 aliphatic heterocycles. The van der Waals surface area contributed by atoms with E-state index >= 15 is 0 Å². The predicted molar refractivity (Wildman–Crippen MR) is 77.5 cm³/mol. The Morgan fingerprint density at radius 2 is 1.80 bits per heavy atom. The standard InChI is InChI=1S/C14H15FN2O2S/c1-9-5-11(16)7-13(6-9)20(18,19)17-12-4-3-10(2)14(15)8-12/h3-8,17H,16H2,1-2H3. The maximum Gasteiger partial charge on any atom is 0.261 e. The fraction of sp³-hybridized carbons (Fsp3) is 0.143. The molecule has 0 bridgehead atoms. The smallest absolute Gasteiger partial charge is 0.261 e. The maximum atomic E-state index is 13.4. The van der Waals surface area contributed by atoms with Crippen molar-refractivity contribution in [2.75, 3.05) is 10.5 Å². The van der Waals surface area contributed by atoms with Gasteiger partial charge in [0, 0.05) is 5.69 Å². The van der Waals surface area contributed by atoms with E-state index in [1.54, 1.807) is 19.9 Å². The molecule has 3 N–H and O–H groups in total. The van der Waals surface area contributed by atoms with E-state index in [4.69, 9.17) is 5.73 Å². The quantitative estimate of drug-likeness (QED) is 0.855. The minimum atomic E-state index is -3.78. The molecule has 0 spiro atoms. The van der Waals surface area contributed by atoms with Gasteiger partial charge in [-0.05, 0) is 55.3 Å². The zero-order chi connectivity index (χ0) is 14.9. The third kappa shape index (κ3) is 3.08. The molecule has 0 saturated heterocycles. The van der Waals surface area contributed by atoms with Crippen LogP contribution in [0.2, 0.25) is 0 Å². The molecule has 6 heteroatoms. The van der Waals surface area contributed by atoms with Gasteiger partial charge in [0.15, 0.2) is 0 Å². The summed E-state index contributed by atoms with van der Waals surface area (Å²) in [6, 6.07) is 8.70. The molecule has 0 unspecified atom stereocenters. The van der Waals surface area contributed by atoms with Crippen LogP contribution in [0.25, 0.3) is 0 Å². The van der Waals surface area contributed by atoms with Crippen molar-refractivity contribution in [1.29, 1.82) is 0 Å². The largest absolute Gasteiger partial charge is 0.399 e. The van der Waals surface area contributed by atoms with Crippen LogP contribution in [-0.2, 0) is 10.0 Å². The molecule has 0 atom stereocenters. The number of hydrogen-bond donors (Lipinski definition) is 2. The third-order valence-corrected chi connectivity index (χ3v) is 4.17. The maximum absolute atomic E-state index is 13.4. The number of nitrogens with one attached hydrogen (secondary N) is 1. The van der Waals surface area contributed by atoms with Gasteiger partial charge in [0.1, 0.15) is 5.82 Å². The third-order valence-electron chi connectivity index (χ3n) is 2.81. The molecule has 0 aliphatic rings. The fourth-order valence-corrected chi connectivity index (χ4v) is 2.99. The van der Waals surface area contributed by atoms with Crippen LogP contribution in [0.15, 0.2) is 41.3 Å². The average Bonchev–Trinajstić information content (AvgIpc) is 2.32.